The number of aliphatic hydroxyl groups excluding tert-OH is 1. The maximum absolute atomic E-state index is 13.2. The minimum absolute atomic E-state index is 0.513. The van der Waals surface area contributed by atoms with E-state index in [2.05, 4.69) is 4.74 Å². The number of nitrogen functional groups attached to an aromatic ring is 1. The maximum Gasteiger partial charge on any atom is 0.573 e. The van der Waals surface area contributed by atoms with Crippen molar-refractivity contribution in [3.63, 3.8) is 0 Å². The largest absolute Gasteiger partial charge is 0.573 e. The SMILES string of the molecule is Nc1c(OC(F)(F)F)ccc(F)c1C(O)C(=O)O. The van der Waals surface area contributed by atoms with E-state index in [1.54, 1.807) is 0 Å². The fourth-order valence-electron chi connectivity index (χ4n) is 1.20. The third-order valence-electron chi connectivity index (χ3n) is 1.93. The van der Waals surface area contributed by atoms with E-state index in [9.17, 15) is 22.4 Å². The molecular formula is C9H7F4NO4. The molecule has 0 spiro atoms. The molecule has 100 valence electrons. The van der Waals surface area contributed by atoms with Gasteiger partial charge in [-0.05, 0) is 12.1 Å². The van der Waals surface area contributed by atoms with Gasteiger partial charge >= 0.3 is 12.3 Å². The summed E-state index contributed by atoms with van der Waals surface area (Å²) in [6, 6.07) is 1.09. The zero-order valence-electron chi connectivity index (χ0n) is 8.53. The van der Waals surface area contributed by atoms with Crippen LogP contribution in [-0.4, -0.2) is 22.5 Å². The van der Waals surface area contributed by atoms with Crippen LogP contribution in [-0.2, 0) is 4.79 Å². The minimum atomic E-state index is -5.07. The molecule has 0 aliphatic heterocycles. The van der Waals surface area contributed by atoms with Crippen LogP contribution >= 0.6 is 0 Å². The number of aliphatic hydroxyl groups is 1. The fraction of sp³-hybridized carbons (Fsp3) is 0.222. The van der Waals surface area contributed by atoms with Crippen LogP contribution in [0.3, 0.4) is 0 Å². The van der Waals surface area contributed by atoms with Crippen molar-refractivity contribution in [3.8, 4) is 5.75 Å². The molecule has 4 N–H and O–H groups in total. The highest BCUT2D eigenvalue weighted by Gasteiger charge is 2.34. The van der Waals surface area contributed by atoms with Crippen LogP contribution in [0, 0.1) is 5.82 Å². The van der Waals surface area contributed by atoms with Gasteiger partial charge in [0.2, 0.25) is 0 Å². The molecular weight excluding hydrogens is 262 g/mol. The van der Waals surface area contributed by atoms with E-state index in [1.165, 1.54) is 0 Å². The highest BCUT2D eigenvalue weighted by atomic mass is 19.4. The van der Waals surface area contributed by atoms with Gasteiger partial charge in [-0.15, -0.1) is 13.2 Å². The number of aliphatic carboxylic acids is 1. The van der Waals surface area contributed by atoms with Crippen LogP contribution in [0.25, 0.3) is 0 Å². The number of carboxylic acids is 1. The normalized spacial score (nSPS) is 13.2. The number of nitrogens with two attached hydrogens (primary N) is 1. The lowest BCUT2D eigenvalue weighted by molar-refractivity contribution is -0.274. The number of carboxylic acid groups (broad SMARTS) is 1. The summed E-state index contributed by atoms with van der Waals surface area (Å²) in [6.45, 7) is 0. The summed E-state index contributed by atoms with van der Waals surface area (Å²) in [5, 5.41) is 17.6. The van der Waals surface area contributed by atoms with Gasteiger partial charge in [0.1, 0.15) is 5.82 Å². The number of alkyl halides is 3. The van der Waals surface area contributed by atoms with E-state index in [1.807, 2.05) is 0 Å². The predicted molar refractivity (Wildman–Crippen MR) is 50.1 cm³/mol. The summed E-state index contributed by atoms with van der Waals surface area (Å²) in [6.07, 6.45) is -7.46. The smallest absolute Gasteiger partial charge is 0.479 e. The molecule has 0 saturated carbocycles. The third kappa shape index (κ3) is 3.00. The Bertz CT molecular complexity index is 474. The molecule has 1 unspecified atom stereocenters. The van der Waals surface area contributed by atoms with Crippen molar-refractivity contribution < 1.29 is 37.3 Å². The summed E-state index contributed by atoms with van der Waals surface area (Å²) in [5.74, 6) is -4.10. The summed E-state index contributed by atoms with van der Waals surface area (Å²) < 4.78 is 52.6. The molecule has 0 aliphatic rings. The molecule has 0 bridgehead atoms. The number of anilines is 1. The van der Waals surface area contributed by atoms with Crippen molar-refractivity contribution in [2.45, 2.75) is 12.5 Å². The zero-order valence-corrected chi connectivity index (χ0v) is 8.53. The highest BCUT2D eigenvalue weighted by molar-refractivity contribution is 5.78. The summed E-state index contributed by atoms with van der Waals surface area (Å²) >= 11 is 0. The van der Waals surface area contributed by atoms with Crippen LogP contribution in [0.4, 0.5) is 23.2 Å². The predicted octanol–water partition coefficient (Wildman–Crippen LogP) is 1.42. The van der Waals surface area contributed by atoms with Crippen LogP contribution in [0.5, 0.6) is 5.75 Å². The first kappa shape index (κ1) is 14.0. The lowest BCUT2D eigenvalue weighted by atomic mass is 10.1. The number of hydrogen-bond acceptors (Lipinski definition) is 4. The van der Waals surface area contributed by atoms with Gasteiger partial charge in [-0.3, -0.25) is 0 Å². The van der Waals surface area contributed by atoms with E-state index < -0.39 is 41.3 Å². The van der Waals surface area contributed by atoms with Crippen LogP contribution in [0.1, 0.15) is 11.7 Å². The van der Waals surface area contributed by atoms with Crippen molar-refractivity contribution in [1.82, 2.24) is 0 Å². The molecule has 1 rings (SSSR count). The maximum atomic E-state index is 13.2. The first-order chi connectivity index (χ1) is 8.13. The standard InChI is InChI=1S/C9H7F4NO4/c10-3-1-2-4(18-9(11,12)13)6(14)5(3)7(15)8(16)17/h1-2,7,15H,14H2,(H,16,17). The van der Waals surface area contributed by atoms with Gasteiger partial charge in [-0.25, -0.2) is 9.18 Å². The molecule has 0 radical (unpaired) electrons. The lowest BCUT2D eigenvalue weighted by Crippen LogP contribution is -2.20. The second-order valence-electron chi connectivity index (χ2n) is 3.16. The Hall–Kier alpha value is -2.03. The number of benzene rings is 1. The Kier molecular flexibility index (Phi) is 3.65. The Labute approximate surface area is 97.4 Å². The van der Waals surface area contributed by atoms with Crippen molar-refractivity contribution in [2.24, 2.45) is 0 Å². The van der Waals surface area contributed by atoms with E-state index in [0.29, 0.717) is 12.1 Å². The lowest BCUT2D eigenvalue weighted by Gasteiger charge is -2.15. The molecule has 1 atom stereocenters. The Morgan fingerprint density at radius 2 is 1.94 bits per heavy atom. The van der Waals surface area contributed by atoms with Gasteiger partial charge in [0.15, 0.2) is 11.9 Å². The zero-order chi connectivity index (χ0) is 14.1. The number of ether oxygens (including phenoxy) is 1. The number of carbonyl (C=O) groups is 1. The third-order valence-corrected chi connectivity index (χ3v) is 1.93. The van der Waals surface area contributed by atoms with Crippen molar-refractivity contribution >= 4 is 11.7 Å². The second-order valence-corrected chi connectivity index (χ2v) is 3.16. The molecule has 0 amide bonds. The topological polar surface area (TPSA) is 92.8 Å². The highest BCUT2D eigenvalue weighted by Crippen LogP contribution is 2.35. The molecule has 0 heterocycles. The first-order valence-electron chi connectivity index (χ1n) is 4.38. The molecule has 1 aromatic carbocycles. The Balaban J connectivity index is 3.27. The Morgan fingerprint density at radius 3 is 2.39 bits per heavy atom. The first-order valence-corrected chi connectivity index (χ1v) is 4.38. The van der Waals surface area contributed by atoms with Crippen molar-refractivity contribution in [1.29, 1.82) is 0 Å². The van der Waals surface area contributed by atoms with Crippen LogP contribution in [0.15, 0.2) is 12.1 Å². The molecule has 5 nitrogen and oxygen atoms in total. The van der Waals surface area contributed by atoms with Gasteiger partial charge in [-0.1, -0.05) is 0 Å². The molecule has 0 saturated heterocycles. The van der Waals surface area contributed by atoms with E-state index in [-0.39, 0.29) is 0 Å². The van der Waals surface area contributed by atoms with E-state index >= 15 is 0 Å². The molecule has 0 aliphatic carbocycles. The second kappa shape index (κ2) is 4.69. The average molecular weight is 269 g/mol. The van der Waals surface area contributed by atoms with E-state index in [4.69, 9.17) is 15.9 Å². The Morgan fingerprint density at radius 1 is 1.39 bits per heavy atom. The quantitative estimate of drug-likeness (QED) is 0.570. The summed E-state index contributed by atoms with van der Waals surface area (Å²) in [4.78, 5) is 10.5. The van der Waals surface area contributed by atoms with Crippen molar-refractivity contribution in [3.05, 3.63) is 23.5 Å². The van der Waals surface area contributed by atoms with Gasteiger partial charge in [0.25, 0.3) is 0 Å². The molecule has 0 aromatic heterocycles. The van der Waals surface area contributed by atoms with Crippen LogP contribution in [0.2, 0.25) is 0 Å². The molecule has 18 heavy (non-hydrogen) atoms. The molecule has 0 fully saturated rings. The monoisotopic (exact) mass is 269 g/mol. The van der Waals surface area contributed by atoms with Crippen LogP contribution < -0.4 is 10.5 Å². The number of hydrogen-bond donors (Lipinski definition) is 3. The number of rotatable bonds is 3. The average Bonchev–Trinajstić information content (AvgIpc) is 2.20. The van der Waals surface area contributed by atoms with Gasteiger partial charge in [0, 0.05) is 0 Å². The van der Waals surface area contributed by atoms with Gasteiger partial charge in [0.05, 0.1) is 11.3 Å². The van der Waals surface area contributed by atoms with Gasteiger partial charge < -0.3 is 20.7 Å². The summed E-state index contributed by atoms with van der Waals surface area (Å²) in [7, 11) is 0. The molecule has 1 aromatic rings. The molecule has 9 heteroatoms. The van der Waals surface area contributed by atoms with Crippen molar-refractivity contribution in [2.75, 3.05) is 5.73 Å². The minimum Gasteiger partial charge on any atom is -0.479 e. The van der Waals surface area contributed by atoms with Gasteiger partial charge in [-0.2, -0.15) is 0 Å². The fourth-order valence-corrected chi connectivity index (χ4v) is 1.20. The number of halogens is 4. The summed E-state index contributed by atoms with van der Waals surface area (Å²) in [5.41, 5.74) is 3.23. The van der Waals surface area contributed by atoms with E-state index in [0.717, 1.165) is 0 Å².